The predicted molar refractivity (Wildman–Crippen MR) is 67.9 cm³/mol. The molecule has 5 heteroatoms. The minimum absolute atomic E-state index is 0.250. The molecular weight excluding hydrogens is 218 g/mol. The summed E-state index contributed by atoms with van der Waals surface area (Å²) in [6.45, 7) is 7.28. The van der Waals surface area contributed by atoms with Crippen LogP contribution in [0.15, 0.2) is 0 Å². The molecule has 0 radical (unpaired) electrons. The Morgan fingerprint density at radius 1 is 1.35 bits per heavy atom. The second-order valence-corrected chi connectivity index (χ2v) is 5.61. The standard InChI is InChI=1S/C12H25N3O2/c1-12(2,3)17-11(16)15-10-7-9(8-10)14-6-4-5-13/h9-10,14H,4-8,13H2,1-3H3,(H,15,16). The monoisotopic (exact) mass is 243 g/mol. The Morgan fingerprint density at radius 3 is 2.53 bits per heavy atom. The molecule has 0 aromatic heterocycles. The smallest absolute Gasteiger partial charge is 0.407 e. The minimum Gasteiger partial charge on any atom is -0.444 e. The normalized spacial score (nSPS) is 24.0. The lowest BCUT2D eigenvalue weighted by Crippen LogP contribution is -2.53. The molecule has 0 spiro atoms. The highest BCUT2D eigenvalue weighted by atomic mass is 16.6. The van der Waals surface area contributed by atoms with Crippen molar-refractivity contribution in [2.45, 2.75) is 57.7 Å². The van der Waals surface area contributed by atoms with Gasteiger partial charge >= 0.3 is 6.09 Å². The highest BCUT2D eigenvalue weighted by Gasteiger charge is 2.30. The number of ether oxygens (including phenoxy) is 1. The average Bonchev–Trinajstić information content (AvgIpc) is 2.10. The van der Waals surface area contributed by atoms with Gasteiger partial charge in [0.15, 0.2) is 0 Å². The molecule has 1 fully saturated rings. The van der Waals surface area contributed by atoms with E-state index < -0.39 is 5.60 Å². The Balaban J connectivity index is 2.07. The van der Waals surface area contributed by atoms with E-state index in [1.54, 1.807) is 0 Å². The van der Waals surface area contributed by atoms with E-state index in [-0.39, 0.29) is 12.1 Å². The van der Waals surface area contributed by atoms with Crippen LogP contribution in [0.2, 0.25) is 0 Å². The molecule has 0 saturated heterocycles. The minimum atomic E-state index is -0.424. The van der Waals surface area contributed by atoms with E-state index in [1.807, 2.05) is 20.8 Å². The van der Waals surface area contributed by atoms with Gasteiger partial charge in [-0.25, -0.2) is 4.79 Å². The van der Waals surface area contributed by atoms with Gasteiger partial charge in [-0.3, -0.25) is 0 Å². The molecule has 1 rings (SSSR count). The average molecular weight is 243 g/mol. The zero-order valence-electron chi connectivity index (χ0n) is 11.1. The molecule has 1 aliphatic carbocycles. The Kier molecular flexibility index (Phi) is 5.21. The van der Waals surface area contributed by atoms with E-state index in [1.165, 1.54) is 0 Å². The molecule has 1 aliphatic rings. The zero-order chi connectivity index (χ0) is 12.9. The molecule has 0 heterocycles. The van der Waals surface area contributed by atoms with Crippen molar-refractivity contribution in [2.24, 2.45) is 5.73 Å². The topological polar surface area (TPSA) is 76.4 Å². The number of rotatable bonds is 5. The largest absolute Gasteiger partial charge is 0.444 e. The Hall–Kier alpha value is -0.810. The summed E-state index contributed by atoms with van der Waals surface area (Å²) < 4.78 is 5.19. The molecule has 0 bridgehead atoms. The van der Waals surface area contributed by atoms with Crippen molar-refractivity contribution < 1.29 is 9.53 Å². The zero-order valence-corrected chi connectivity index (χ0v) is 11.1. The van der Waals surface area contributed by atoms with Crippen molar-refractivity contribution in [1.29, 1.82) is 0 Å². The third kappa shape index (κ3) is 5.89. The lowest BCUT2D eigenvalue weighted by molar-refractivity contribution is 0.0465. The second kappa shape index (κ2) is 6.21. The molecule has 100 valence electrons. The van der Waals surface area contributed by atoms with Gasteiger partial charge in [-0.15, -0.1) is 0 Å². The maximum atomic E-state index is 11.5. The Labute approximate surface area is 103 Å². The van der Waals surface area contributed by atoms with Crippen LogP contribution in [-0.4, -0.2) is 36.9 Å². The van der Waals surface area contributed by atoms with Crippen molar-refractivity contribution in [1.82, 2.24) is 10.6 Å². The van der Waals surface area contributed by atoms with E-state index >= 15 is 0 Å². The molecule has 1 amide bonds. The number of carbonyl (C=O) groups is 1. The number of hydrogen-bond donors (Lipinski definition) is 3. The first-order valence-electron chi connectivity index (χ1n) is 6.33. The molecule has 4 N–H and O–H groups in total. The summed E-state index contributed by atoms with van der Waals surface area (Å²) in [5, 5.41) is 6.27. The van der Waals surface area contributed by atoms with Crippen LogP contribution in [0.5, 0.6) is 0 Å². The first kappa shape index (κ1) is 14.3. The van der Waals surface area contributed by atoms with Crippen LogP contribution in [0.4, 0.5) is 4.79 Å². The number of amides is 1. The molecule has 0 aliphatic heterocycles. The van der Waals surface area contributed by atoms with Crippen molar-refractivity contribution in [3.05, 3.63) is 0 Å². The van der Waals surface area contributed by atoms with E-state index in [4.69, 9.17) is 10.5 Å². The number of nitrogens with two attached hydrogens (primary N) is 1. The van der Waals surface area contributed by atoms with Gasteiger partial charge in [-0.2, -0.15) is 0 Å². The van der Waals surface area contributed by atoms with Gasteiger partial charge in [0.25, 0.3) is 0 Å². The Bertz CT molecular complexity index is 245. The summed E-state index contributed by atoms with van der Waals surface area (Å²) in [5.74, 6) is 0. The van der Waals surface area contributed by atoms with Crippen molar-refractivity contribution in [3.63, 3.8) is 0 Å². The lowest BCUT2D eigenvalue weighted by Gasteiger charge is -2.36. The van der Waals surface area contributed by atoms with Gasteiger partial charge in [-0.1, -0.05) is 0 Å². The molecule has 0 aromatic carbocycles. The van der Waals surface area contributed by atoms with Crippen LogP contribution in [0, 0.1) is 0 Å². The van der Waals surface area contributed by atoms with Crippen molar-refractivity contribution in [2.75, 3.05) is 13.1 Å². The van der Waals surface area contributed by atoms with Gasteiger partial charge in [0, 0.05) is 12.1 Å². The number of carbonyl (C=O) groups excluding carboxylic acids is 1. The van der Waals surface area contributed by atoms with Gasteiger partial charge in [0.2, 0.25) is 0 Å². The summed E-state index contributed by atoms with van der Waals surface area (Å²) in [6.07, 6.45) is 2.64. The number of nitrogens with one attached hydrogen (secondary N) is 2. The first-order chi connectivity index (χ1) is 7.90. The van der Waals surface area contributed by atoms with E-state index in [0.717, 1.165) is 32.4 Å². The second-order valence-electron chi connectivity index (χ2n) is 5.61. The van der Waals surface area contributed by atoms with Crippen molar-refractivity contribution in [3.8, 4) is 0 Å². The van der Waals surface area contributed by atoms with Crippen LogP contribution in [0.1, 0.15) is 40.0 Å². The highest BCUT2D eigenvalue weighted by molar-refractivity contribution is 5.68. The summed E-state index contributed by atoms with van der Waals surface area (Å²) >= 11 is 0. The molecular formula is C12H25N3O2. The van der Waals surface area contributed by atoms with E-state index in [9.17, 15) is 4.79 Å². The van der Waals surface area contributed by atoms with Gasteiger partial charge in [0.05, 0.1) is 0 Å². The summed E-state index contributed by atoms with van der Waals surface area (Å²) in [7, 11) is 0. The van der Waals surface area contributed by atoms with Gasteiger partial charge in [0.1, 0.15) is 5.60 Å². The van der Waals surface area contributed by atoms with Crippen LogP contribution in [0.3, 0.4) is 0 Å². The molecule has 0 aromatic rings. The van der Waals surface area contributed by atoms with E-state index in [0.29, 0.717) is 6.04 Å². The van der Waals surface area contributed by atoms with Gasteiger partial charge < -0.3 is 21.1 Å². The fraction of sp³-hybridized carbons (Fsp3) is 0.917. The molecule has 0 atom stereocenters. The highest BCUT2D eigenvalue weighted by Crippen LogP contribution is 2.20. The van der Waals surface area contributed by atoms with Crippen LogP contribution < -0.4 is 16.4 Å². The number of hydrogen-bond acceptors (Lipinski definition) is 4. The fourth-order valence-electron chi connectivity index (χ4n) is 1.78. The lowest BCUT2D eigenvalue weighted by atomic mass is 9.87. The molecule has 17 heavy (non-hydrogen) atoms. The fourth-order valence-corrected chi connectivity index (χ4v) is 1.78. The molecule has 5 nitrogen and oxygen atoms in total. The number of alkyl carbamates (subject to hydrolysis) is 1. The molecule has 1 saturated carbocycles. The quantitative estimate of drug-likeness (QED) is 0.629. The Morgan fingerprint density at radius 2 is 2.00 bits per heavy atom. The third-order valence-corrected chi connectivity index (χ3v) is 2.67. The van der Waals surface area contributed by atoms with Crippen LogP contribution >= 0.6 is 0 Å². The molecule has 0 unspecified atom stereocenters. The summed E-state index contributed by atoms with van der Waals surface area (Å²) in [5.41, 5.74) is 4.99. The summed E-state index contributed by atoms with van der Waals surface area (Å²) in [6, 6.07) is 0.765. The van der Waals surface area contributed by atoms with Crippen LogP contribution in [-0.2, 0) is 4.74 Å². The SMILES string of the molecule is CC(C)(C)OC(=O)NC1CC(NCCCN)C1. The first-order valence-corrected chi connectivity index (χ1v) is 6.33. The van der Waals surface area contributed by atoms with Crippen LogP contribution in [0.25, 0.3) is 0 Å². The van der Waals surface area contributed by atoms with E-state index in [2.05, 4.69) is 10.6 Å². The van der Waals surface area contributed by atoms with Crippen molar-refractivity contribution >= 4 is 6.09 Å². The predicted octanol–water partition coefficient (Wildman–Crippen LogP) is 0.981. The maximum Gasteiger partial charge on any atom is 0.407 e. The maximum absolute atomic E-state index is 11.5. The third-order valence-electron chi connectivity index (χ3n) is 2.67. The summed E-state index contributed by atoms with van der Waals surface area (Å²) in [4.78, 5) is 11.5. The van der Waals surface area contributed by atoms with Gasteiger partial charge in [-0.05, 0) is 53.1 Å².